The van der Waals surface area contributed by atoms with Gasteiger partial charge in [-0.3, -0.25) is 4.79 Å². The van der Waals surface area contributed by atoms with Gasteiger partial charge in [-0.25, -0.2) is 0 Å². The van der Waals surface area contributed by atoms with Gasteiger partial charge in [0.1, 0.15) is 5.75 Å². The minimum absolute atomic E-state index is 0.134. The molecule has 0 radical (unpaired) electrons. The lowest BCUT2D eigenvalue weighted by Crippen LogP contribution is -2.46. The zero-order valence-corrected chi connectivity index (χ0v) is 15.8. The van der Waals surface area contributed by atoms with Gasteiger partial charge in [-0.2, -0.15) is 0 Å². The van der Waals surface area contributed by atoms with Crippen LogP contribution in [0.1, 0.15) is 5.56 Å². The van der Waals surface area contributed by atoms with E-state index in [9.17, 15) is 4.79 Å². The average Bonchev–Trinajstić information content (AvgIpc) is 2.66. The van der Waals surface area contributed by atoms with E-state index in [0.717, 1.165) is 48.9 Å². The van der Waals surface area contributed by atoms with Gasteiger partial charge in [0.25, 0.3) is 0 Å². The van der Waals surface area contributed by atoms with Crippen LogP contribution in [0.2, 0.25) is 0 Å². The van der Waals surface area contributed by atoms with Crippen LogP contribution in [0.3, 0.4) is 0 Å². The number of likely N-dealkylation sites (N-methyl/N-ethyl adjacent to an activating group) is 1. The number of methoxy groups -OCH3 is 1. The molecule has 0 aliphatic carbocycles. The Hall–Kier alpha value is -2.53. The molecule has 2 aromatic carbocycles. The Kier molecular flexibility index (Phi) is 5.78. The molecule has 1 aliphatic heterocycles. The fraction of sp³-hybridized carbons (Fsp3) is 0.381. The highest BCUT2D eigenvalue weighted by atomic mass is 16.5. The zero-order valence-electron chi connectivity index (χ0n) is 15.8. The average molecular weight is 353 g/mol. The standard InChI is InChI=1S/C21H27N3O2/c1-22(2)12-13-23-14-15-24(20-7-5-4-6-19(20)23)21(25)16-17-8-10-18(26-3)11-9-17/h4-11H,12-16H2,1-3H3. The summed E-state index contributed by atoms with van der Waals surface area (Å²) in [6.07, 6.45) is 0.399. The summed E-state index contributed by atoms with van der Waals surface area (Å²) < 4.78 is 5.18. The second kappa shape index (κ2) is 8.23. The van der Waals surface area contributed by atoms with Gasteiger partial charge in [0.15, 0.2) is 0 Å². The van der Waals surface area contributed by atoms with E-state index in [4.69, 9.17) is 4.74 Å². The van der Waals surface area contributed by atoms with Crippen molar-refractivity contribution >= 4 is 17.3 Å². The van der Waals surface area contributed by atoms with E-state index in [0.29, 0.717) is 6.42 Å². The first-order chi connectivity index (χ1) is 12.6. The van der Waals surface area contributed by atoms with Gasteiger partial charge in [0, 0.05) is 26.2 Å². The Morgan fingerprint density at radius 2 is 1.73 bits per heavy atom. The number of fused-ring (bicyclic) bond motifs is 1. The predicted molar refractivity (Wildman–Crippen MR) is 106 cm³/mol. The molecule has 1 aliphatic rings. The number of hydrogen-bond acceptors (Lipinski definition) is 4. The van der Waals surface area contributed by atoms with Crippen molar-refractivity contribution in [2.75, 3.05) is 57.2 Å². The number of carbonyl (C=O) groups is 1. The monoisotopic (exact) mass is 353 g/mol. The fourth-order valence-corrected chi connectivity index (χ4v) is 3.25. The Labute approximate surface area is 155 Å². The molecular weight excluding hydrogens is 326 g/mol. The lowest BCUT2D eigenvalue weighted by Gasteiger charge is -2.38. The van der Waals surface area contributed by atoms with E-state index in [1.807, 2.05) is 47.4 Å². The summed E-state index contributed by atoms with van der Waals surface area (Å²) in [4.78, 5) is 19.4. The van der Waals surface area contributed by atoms with E-state index >= 15 is 0 Å². The number of carbonyl (C=O) groups excluding carboxylic acids is 1. The molecule has 0 unspecified atom stereocenters. The summed E-state index contributed by atoms with van der Waals surface area (Å²) in [6, 6.07) is 15.9. The van der Waals surface area contributed by atoms with Crippen LogP contribution in [0.25, 0.3) is 0 Å². The van der Waals surface area contributed by atoms with Crippen molar-refractivity contribution in [3.63, 3.8) is 0 Å². The minimum atomic E-state index is 0.134. The van der Waals surface area contributed by atoms with Gasteiger partial charge in [-0.05, 0) is 43.9 Å². The number of nitrogens with zero attached hydrogens (tertiary/aromatic N) is 3. The molecule has 26 heavy (non-hydrogen) atoms. The summed E-state index contributed by atoms with van der Waals surface area (Å²) in [5.74, 6) is 0.941. The van der Waals surface area contributed by atoms with E-state index in [1.165, 1.54) is 0 Å². The van der Waals surface area contributed by atoms with Crippen LogP contribution in [0.5, 0.6) is 5.75 Å². The SMILES string of the molecule is COc1ccc(CC(=O)N2CCN(CCN(C)C)c3ccccc32)cc1. The molecule has 0 bridgehead atoms. The van der Waals surface area contributed by atoms with Crippen molar-refractivity contribution < 1.29 is 9.53 Å². The molecule has 0 N–H and O–H groups in total. The molecule has 1 amide bonds. The summed E-state index contributed by atoms with van der Waals surface area (Å²) >= 11 is 0. The van der Waals surface area contributed by atoms with Crippen molar-refractivity contribution in [2.24, 2.45) is 0 Å². The zero-order chi connectivity index (χ0) is 18.5. The fourth-order valence-electron chi connectivity index (χ4n) is 3.25. The lowest BCUT2D eigenvalue weighted by atomic mass is 10.1. The number of hydrogen-bond donors (Lipinski definition) is 0. The summed E-state index contributed by atoms with van der Waals surface area (Å²) in [5, 5.41) is 0. The molecule has 0 aromatic heterocycles. The van der Waals surface area contributed by atoms with E-state index < -0.39 is 0 Å². The molecule has 3 rings (SSSR count). The first-order valence-electron chi connectivity index (χ1n) is 9.00. The Balaban J connectivity index is 1.74. The van der Waals surface area contributed by atoms with E-state index in [1.54, 1.807) is 7.11 Å². The normalized spacial score (nSPS) is 13.7. The first kappa shape index (κ1) is 18.3. The highest BCUT2D eigenvalue weighted by Gasteiger charge is 2.26. The van der Waals surface area contributed by atoms with Crippen LogP contribution in [-0.4, -0.2) is 58.2 Å². The summed E-state index contributed by atoms with van der Waals surface area (Å²) in [5.41, 5.74) is 3.16. The third kappa shape index (κ3) is 4.17. The van der Waals surface area contributed by atoms with Crippen molar-refractivity contribution in [3.05, 3.63) is 54.1 Å². The van der Waals surface area contributed by atoms with Gasteiger partial charge < -0.3 is 19.4 Å². The van der Waals surface area contributed by atoms with Gasteiger partial charge in [-0.15, -0.1) is 0 Å². The second-order valence-electron chi connectivity index (χ2n) is 6.85. The van der Waals surface area contributed by atoms with Crippen LogP contribution < -0.4 is 14.5 Å². The molecule has 0 spiro atoms. The number of amides is 1. The summed E-state index contributed by atoms with van der Waals surface area (Å²) in [7, 11) is 5.81. The van der Waals surface area contributed by atoms with Gasteiger partial charge >= 0.3 is 0 Å². The predicted octanol–water partition coefficient (Wildman–Crippen LogP) is 2.65. The van der Waals surface area contributed by atoms with Crippen LogP contribution in [0, 0.1) is 0 Å². The van der Waals surface area contributed by atoms with E-state index in [-0.39, 0.29) is 5.91 Å². The van der Waals surface area contributed by atoms with Crippen LogP contribution in [-0.2, 0) is 11.2 Å². The van der Waals surface area contributed by atoms with Gasteiger partial charge in [-0.1, -0.05) is 24.3 Å². The highest BCUT2D eigenvalue weighted by molar-refractivity contribution is 5.98. The molecule has 0 atom stereocenters. The van der Waals surface area contributed by atoms with Gasteiger partial charge in [0.05, 0.1) is 24.9 Å². The van der Waals surface area contributed by atoms with Crippen LogP contribution in [0.15, 0.2) is 48.5 Å². The molecule has 5 nitrogen and oxygen atoms in total. The van der Waals surface area contributed by atoms with Crippen molar-refractivity contribution in [3.8, 4) is 5.75 Å². The largest absolute Gasteiger partial charge is 0.497 e. The number of benzene rings is 2. The van der Waals surface area contributed by atoms with Gasteiger partial charge in [0.2, 0.25) is 5.91 Å². The quantitative estimate of drug-likeness (QED) is 0.800. The maximum Gasteiger partial charge on any atom is 0.231 e. The lowest BCUT2D eigenvalue weighted by molar-refractivity contribution is -0.118. The number of rotatable bonds is 6. The smallest absolute Gasteiger partial charge is 0.231 e. The maximum atomic E-state index is 12.9. The molecule has 138 valence electrons. The maximum absolute atomic E-state index is 12.9. The number of ether oxygens (including phenoxy) is 1. The molecule has 5 heteroatoms. The molecular formula is C21H27N3O2. The minimum Gasteiger partial charge on any atom is -0.497 e. The highest BCUT2D eigenvalue weighted by Crippen LogP contribution is 2.33. The Bertz CT molecular complexity index is 743. The van der Waals surface area contributed by atoms with Crippen LogP contribution >= 0.6 is 0 Å². The molecule has 1 heterocycles. The van der Waals surface area contributed by atoms with Crippen LogP contribution in [0.4, 0.5) is 11.4 Å². The number of para-hydroxylation sites is 2. The second-order valence-corrected chi connectivity index (χ2v) is 6.85. The molecule has 0 saturated heterocycles. The Morgan fingerprint density at radius 3 is 2.38 bits per heavy atom. The first-order valence-corrected chi connectivity index (χ1v) is 9.00. The van der Waals surface area contributed by atoms with Crippen molar-refractivity contribution in [2.45, 2.75) is 6.42 Å². The third-order valence-electron chi connectivity index (χ3n) is 4.74. The molecule has 0 saturated carbocycles. The Morgan fingerprint density at radius 1 is 1.04 bits per heavy atom. The summed E-state index contributed by atoms with van der Waals surface area (Å²) in [6.45, 7) is 3.54. The van der Waals surface area contributed by atoms with E-state index in [2.05, 4.69) is 30.0 Å². The van der Waals surface area contributed by atoms with Crippen molar-refractivity contribution in [1.29, 1.82) is 0 Å². The third-order valence-corrected chi connectivity index (χ3v) is 4.74. The van der Waals surface area contributed by atoms with Crippen molar-refractivity contribution in [1.82, 2.24) is 4.90 Å². The topological polar surface area (TPSA) is 36.0 Å². The molecule has 0 fully saturated rings. The number of anilines is 2. The molecule has 2 aromatic rings.